The molecule has 174 valence electrons. The molecule has 0 aliphatic heterocycles. The molecule has 0 aliphatic rings. The van der Waals surface area contributed by atoms with Gasteiger partial charge >= 0.3 is 11.8 Å². The van der Waals surface area contributed by atoms with Crippen molar-refractivity contribution >= 4 is 29.4 Å². The number of carbonyl (C=O) groups excluding carboxylic acids is 2. The molecule has 0 saturated carbocycles. The fourth-order valence-corrected chi connectivity index (χ4v) is 2.97. The van der Waals surface area contributed by atoms with Crippen molar-refractivity contribution in [3.8, 4) is 22.8 Å². The number of furan rings is 1. The van der Waals surface area contributed by atoms with Gasteiger partial charge in [0, 0.05) is 23.4 Å². The summed E-state index contributed by atoms with van der Waals surface area (Å²) in [6.07, 6.45) is 1.21. The highest BCUT2D eigenvalue weighted by Gasteiger charge is 2.13. The molecule has 0 atom stereocenters. The summed E-state index contributed by atoms with van der Waals surface area (Å²) in [7, 11) is 0. The Hall–Kier alpha value is -5.25. The lowest BCUT2D eigenvalue weighted by atomic mass is 10.1. The van der Waals surface area contributed by atoms with Gasteiger partial charge in [-0.2, -0.15) is 5.10 Å². The highest BCUT2D eigenvalue weighted by Crippen LogP contribution is 2.25. The Morgan fingerprint density at radius 3 is 2.37 bits per heavy atom. The van der Waals surface area contributed by atoms with E-state index in [1.54, 1.807) is 48.5 Å². The fraction of sp³-hybridized carbons (Fsp3) is 0. The Morgan fingerprint density at radius 2 is 1.63 bits per heavy atom. The third kappa shape index (κ3) is 6.17. The van der Waals surface area contributed by atoms with Crippen LogP contribution >= 0.6 is 0 Å². The maximum absolute atomic E-state index is 12.1. The number of anilines is 1. The zero-order chi connectivity index (χ0) is 24.6. The van der Waals surface area contributed by atoms with E-state index in [9.17, 15) is 19.7 Å². The molecule has 0 saturated heterocycles. The number of hydrazone groups is 1. The van der Waals surface area contributed by atoms with E-state index in [1.807, 2.05) is 30.3 Å². The van der Waals surface area contributed by atoms with Crippen LogP contribution in [0.1, 0.15) is 5.76 Å². The van der Waals surface area contributed by atoms with E-state index in [4.69, 9.17) is 9.15 Å². The molecule has 0 fully saturated rings. The van der Waals surface area contributed by atoms with Crippen LogP contribution in [0, 0.1) is 10.1 Å². The van der Waals surface area contributed by atoms with Crippen molar-refractivity contribution in [2.24, 2.45) is 5.10 Å². The van der Waals surface area contributed by atoms with Crippen molar-refractivity contribution in [2.45, 2.75) is 0 Å². The third-order valence-electron chi connectivity index (χ3n) is 4.62. The molecule has 0 aliphatic carbocycles. The Balaban J connectivity index is 1.29. The van der Waals surface area contributed by atoms with E-state index in [1.165, 1.54) is 18.3 Å². The van der Waals surface area contributed by atoms with Crippen molar-refractivity contribution in [3.63, 3.8) is 0 Å². The predicted molar refractivity (Wildman–Crippen MR) is 128 cm³/mol. The second-order valence-electron chi connectivity index (χ2n) is 7.10. The van der Waals surface area contributed by atoms with E-state index in [-0.39, 0.29) is 11.4 Å². The van der Waals surface area contributed by atoms with Crippen molar-refractivity contribution in [3.05, 3.63) is 107 Å². The van der Waals surface area contributed by atoms with Crippen molar-refractivity contribution in [1.29, 1.82) is 0 Å². The summed E-state index contributed by atoms with van der Waals surface area (Å²) < 4.78 is 11.2. The molecule has 2 N–H and O–H groups in total. The molecule has 0 bridgehead atoms. The minimum atomic E-state index is -0.976. The largest absolute Gasteiger partial charge is 0.457 e. The van der Waals surface area contributed by atoms with E-state index >= 15 is 0 Å². The van der Waals surface area contributed by atoms with E-state index in [0.717, 1.165) is 0 Å². The zero-order valence-electron chi connectivity index (χ0n) is 18.1. The van der Waals surface area contributed by atoms with Crippen LogP contribution in [0.25, 0.3) is 11.3 Å². The summed E-state index contributed by atoms with van der Waals surface area (Å²) in [4.78, 5) is 34.5. The SMILES string of the molecule is O=C(N/N=C/c1ccc(-c2cccc([N+](=O)[O-])c2)o1)C(=O)Nc1ccc(Oc2ccccc2)cc1. The summed E-state index contributed by atoms with van der Waals surface area (Å²) in [5.74, 6) is 0.0357. The van der Waals surface area contributed by atoms with Crippen molar-refractivity contribution < 1.29 is 23.7 Å². The molecule has 0 radical (unpaired) electrons. The van der Waals surface area contributed by atoms with Gasteiger partial charge in [-0.05, 0) is 48.5 Å². The summed E-state index contributed by atoms with van der Waals surface area (Å²) in [6, 6.07) is 24.9. The van der Waals surface area contributed by atoms with Gasteiger partial charge in [-0.1, -0.05) is 30.3 Å². The number of hydrogen-bond donors (Lipinski definition) is 2. The monoisotopic (exact) mass is 470 g/mol. The van der Waals surface area contributed by atoms with Crippen LogP contribution in [0.2, 0.25) is 0 Å². The Labute approximate surface area is 199 Å². The van der Waals surface area contributed by atoms with Gasteiger partial charge in [0.25, 0.3) is 5.69 Å². The summed E-state index contributed by atoms with van der Waals surface area (Å²) in [5.41, 5.74) is 2.97. The molecule has 1 aromatic heterocycles. The molecule has 2 amide bonds. The fourth-order valence-electron chi connectivity index (χ4n) is 2.97. The van der Waals surface area contributed by atoms with Crippen molar-refractivity contribution in [2.75, 3.05) is 5.32 Å². The minimum absolute atomic E-state index is 0.0641. The van der Waals surface area contributed by atoms with Crippen LogP contribution < -0.4 is 15.5 Å². The number of para-hydroxylation sites is 1. The number of nitro benzene ring substituents is 1. The predicted octanol–water partition coefficient (Wildman–Crippen LogP) is 4.74. The third-order valence-corrected chi connectivity index (χ3v) is 4.62. The average molecular weight is 470 g/mol. The minimum Gasteiger partial charge on any atom is -0.457 e. The first-order valence-corrected chi connectivity index (χ1v) is 10.3. The number of nitro groups is 1. The first-order chi connectivity index (χ1) is 17.0. The number of ether oxygens (including phenoxy) is 1. The van der Waals surface area contributed by atoms with Gasteiger partial charge in [-0.25, -0.2) is 5.43 Å². The molecule has 4 rings (SSSR count). The second kappa shape index (κ2) is 10.6. The van der Waals surface area contributed by atoms with Gasteiger partial charge < -0.3 is 14.5 Å². The molecule has 1 heterocycles. The molecule has 3 aromatic carbocycles. The normalized spacial score (nSPS) is 10.6. The van der Waals surface area contributed by atoms with E-state index in [0.29, 0.717) is 28.5 Å². The zero-order valence-corrected chi connectivity index (χ0v) is 18.1. The molecule has 0 spiro atoms. The Kier molecular flexibility index (Phi) is 6.93. The lowest BCUT2D eigenvalue weighted by Crippen LogP contribution is -2.32. The number of amides is 2. The number of nitrogens with zero attached hydrogens (tertiary/aromatic N) is 2. The lowest BCUT2D eigenvalue weighted by Gasteiger charge is -2.07. The van der Waals surface area contributed by atoms with Crippen LogP contribution in [0.5, 0.6) is 11.5 Å². The van der Waals surface area contributed by atoms with Gasteiger partial charge in [0.1, 0.15) is 23.0 Å². The number of nitrogens with one attached hydrogen (secondary N) is 2. The van der Waals surface area contributed by atoms with Gasteiger partial charge in [-0.3, -0.25) is 19.7 Å². The lowest BCUT2D eigenvalue weighted by molar-refractivity contribution is -0.384. The number of non-ortho nitro benzene ring substituents is 1. The molecule has 10 nitrogen and oxygen atoms in total. The highest BCUT2D eigenvalue weighted by atomic mass is 16.6. The molecule has 10 heteroatoms. The maximum atomic E-state index is 12.1. The van der Waals surface area contributed by atoms with Gasteiger partial charge in [0.15, 0.2) is 0 Å². The van der Waals surface area contributed by atoms with Crippen LogP contribution in [-0.4, -0.2) is 23.0 Å². The number of rotatable bonds is 7. The smallest absolute Gasteiger partial charge is 0.329 e. The Morgan fingerprint density at radius 1 is 0.886 bits per heavy atom. The van der Waals surface area contributed by atoms with E-state index in [2.05, 4.69) is 15.8 Å². The first kappa shape index (κ1) is 22.9. The average Bonchev–Trinajstić information content (AvgIpc) is 3.35. The molecule has 35 heavy (non-hydrogen) atoms. The molecular weight excluding hydrogens is 452 g/mol. The number of carbonyl (C=O) groups is 2. The van der Waals surface area contributed by atoms with Gasteiger partial charge in [0.2, 0.25) is 0 Å². The molecular formula is C25H18N4O6. The quantitative estimate of drug-likeness (QED) is 0.173. The van der Waals surface area contributed by atoms with Crippen LogP contribution in [0.15, 0.2) is 101 Å². The van der Waals surface area contributed by atoms with Crippen LogP contribution in [0.3, 0.4) is 0 Å². The Bertz CT molecular complexity index is 1380. The van der Waals surface area contributed by atoms with Gasteiger partial charge in [-0.15, -0.1) is 0 Å². The highest BCUT2D eigenvalue weighted by molar-refractivity contribution is 6.39. The first-order valence-electron chi connectivity index (χ1n) is 10.3. The number of hydrogen-bond acceptors (Lipinski definition) is 7. The van der Waals surface area contributed by atoms with Gasteiger partial charge in [0.05, 0.1) is 11.1 Å². The molecule has 0 unspecified atom stereocenters. The van der Waals surface area contributed by atoms with Crippen LogP contribution in [-0.2, 0) is 9.59 Å². The topological polar surface area (TPSA) is 136 Å². The summed E-state index contributed by atoms with van der Waals surface area (Å²) >= 11 is 0. The standard InChI is InChI=1S/C25H18N4O6/c30-24(27-18-9-11-21(12-10-18)34-20-7-2-1-3-8-20)25(31)28-26-16-22-13-14-23(35-22)17-5-4-6-19(15-17)29(32)33/h1-16H,(H,27,30)(H,28,31)/b26-16+. The summed E-state index contributed by atoms with van der Waals surface area (Å²) in [6.45, 7) is 0. The maximum Gasteiger partial charge on any atom is 0.329 e. The van der Waals surface area contributed by atoms with Crippen LogP contribution in [0.4, 0.5) is 11.4 Å². The molecule has 4 aromatic rings. The number of benzene rings is 3. The summed E-state index contributed by atoms with van der Waals surface area (Å²) in [5, 5.41) is 17.1. The van der Waals surface area contributed by atoms with E-state index < -0.39 is 16.7 Å². The second-order valence-corrected chi connectivity index (χ2v) is 7.10. The van der Waals surface area contributed by atoms with Crippen molar-refractivity contribution in [1.82, 2.24) is 5.43 Å².